The van der Waals surface area contributed by atoms with Crippen LogP contribution in [0.1, 0.15) is 63.0 Å². The summed E-state index contributed by atoms with van der Waals surface area (Å²) in [7, 11) is 0. The number of allylic oxidation sites excluding steroid dienone is 6. The molecule has 1 aromatic heterocycles. The van der Waals surface area contributed by atoms with Crippen LogP contribution in [0.2, 0.25) is 0 Å². The van der Waals surface area contributed by atoms with E-state index in [0.717, 1.165) is 37.1 Å². The number of hydrogen-bond donors (Lipinski definition) is 1. The van der Waals surface area contributed by atoms with Gasteiger partial charge in [0.2, 0.25) is 0 Å². The first-order chi connectivity index (χ1) is 23.6. The largest absolute Gasteiger partial charge is 0.355 e. The highest BCUT2D eigenvalue weighted by Gasteiger charge is 2.20. The zero-order chi connectivity index (χ0) is 33.2. The number of nitrogens with one attached hydrogen (secondary N) is 1. The van der Waals surface area contributed by atoms with Gasteiger partial charge in [0.05, 0.1) is 0 Å². The third kappa shape index (κ3) is 5.65. The summed E-state index contributed by atoms with van der Waals surface area (Å²) in [6.45, 7) is 12.5. The smallest absolute Gasteiger partial charge is 0.0460 e. The summed E-state index contributed by atoms with van der Waals surface area (Å²) in [5.74, 6) is 0. The second-order valence-electron chi connectivity index (χ2n) is 12.6. The van der Waals surface area contributed by atoms with Gasteiger partial charge in [0, 0.05) is 31.6 Å². The fourth-order valence-corrected chi connectivity index (χ4v) is 8.91. The monoisotopic (exact) mass is 641 g/mol. The van der Waals surface area contributed by atoms with E-state index in [2.05, 4.69) is 141 Å². The Kier molecular flexibility index (Phi) is 9.02. The van der Waals surface area contributed by atoms with Crippen LogP contribution in [0.3, 0.4) is 0 Å². The summed E-state index contributed by atoms with van der Waals surface area (Å²) in [6, 6.07) is 33.2. The van der Waals surface area contributed by atoms with Gasteiger partial charge in [-0.3, -0.25) is 0 Å². The Balaban J connectivity index is 0.00000179. The fraction of sp³-hybridized carbons (Fsp3) is 0.174. The molecule has 1 heterocycles. The first kappa shape index (κ1) is 31.7. The van der Waals surface area contributed by atoms with Crippen LogP contribution < -0.4 is 15.1 Å². The topological polar surface area (TPSA) is 12.0 Å². The summed E-state index contributed by atoms with van der Waals surface area (Å²) in [5.41, 5.74) is 10.7. The molecule has 0 saturated carbocycles. The average molecular weight is 642 g/mol. The number of rotatable bonds is 5. The maximum atomic E-state index is 3.89. The molecule has 0 unspecified atom stereocenters. The molecular formula is C46H43NS. The van der Waals surface area contributed by atoms with Gasteiger partial charge in [0.1, 0.15) is 0 Å². The van der Waals surface area contributed by atoms with Crippen molar-refractivity contribution in [2.75, 3.05) is 5.32 Å². The van der Waals surface area contributed by atoms with E-state index in [1.807, 2.05) is 31.3 Å². The van der Waals surface area contributed by atoms with E-state index in [1.165, 1.54) is 74.8 Å². The summed E-state index contributed by atoms with van der Waals surface area (Å²) >= 11 is 2.02. The first-order valence-electron chi connectivity index (χ1n) is 17.3. The van der Waals surface area contributed by atoms with Crippen LogP contribution in [0.15, 0.2) is 133 Å². The lowest BCUT2D eigenvalue weighted by Crippen LogP contribution is -2.26. The van der Waals surface area contributed by atoms with Crippen LogP contribution in [-0.4, -0.2) is 0 Å². The van der Waals surface area contributed by atoms with Gasteiger partial charge in [-0.05, 0) is 112 Å². The average Bonchev–Trinajstić information content (AvgIpc) is 3.71. The Morgan fingerprint density at radius 2 is 1.44 bits per heavy atom. The predicted octanol–water partition coefficient (Wildman–Crippen LogP) is 12.2. The van der Waals surface area contributed by atoms with Gasteiger partial charge < -0.3 is 5.32 Å². The maximum Gasteiger partial charge on any atom is 0.0460 e. The number of fused-ring (bicyclic) bond motifs is 7. The molecule has 238 valence electrons. The standard InChI is InChI=1S/C44H37NS.C2H6/c1-4-5-14-30-26-31(25-28(30)2)44-43(39-20-11-13-22-42(39)46-44)29(3)33-15-10-12-21-41(33)45-32-23-24-38-36-18-7-6-16-34(36)35-17-8-9-19-37(35)40(38)27-32;1-2/h4-12,14-21,23-24,27,45H,1,13,22,25-26H2,2-3H3;1-2H3/b14-5-,43-29+,44-31+;. The van der Waals surface area contributed by atoms with Gasteiger partial charge in [-0.2, -0.15) is 0 Å². The molecule has 2 aliphatic carbocycles. The lowest BCUT2D eigenvalue weighted by molar-refractivity contribution is 1.01. The molecule has 48 heavy (non-hydrogen) atoms. The molecule has 0 bridgehead atoms. The second kappa shape index (κ2) is 13.7. The van der Waals surface area contributed by atoms with Gasteiger partial charge in [0.15, 0.2) is 0 Å². The van der Waals surface area contributed by atoms with Crippen molar-refractivity contribution in [3.8, 4) is 0 Å². The Hall–Kier alpha value is -4.92. The number of thiophene rings is 1. The summed E-state index contributed by atoms with van der Waals surface area (Å²) in [4.78, 5) is 1.52. The van der Waals surface area contributed by atoms with Crippen LogP contribution in [0, 0.1) is 0 Å². The Labute approximate surface area is 288 Å². The number of para-hydroxylation sites is 1. The van der Waals surface area contributed by atoms with Crippen LogP contribution in [0.25, 0.3) is 49.5 Å². The van der Waals surface area contributed by atoms with Crippen LogP contribution >= 0.6 is 11.3 Å². The third-order valence-electron chi connectivity index (χ3n) is 9.76. The van der Waals surface area contributed by atoms with Crippen LogP contribution in [-0.2, 0) is 6.42 Å². The fourth-order valence-electron chi connectivity index (χ4n) is 7.51. The highest BCUT2D eigenvalue weighted by Crippen LogP contribution is 2.37. The van der Waals surface area contributed by atoms with E-state index < -0.39 is 0 Å². The molecule has 0 aliphatic heterocycles. The minimum absolute atomic E-state index is 1.01. The lowest BCUT2D eigenvalue weighted by atomic mass is 9.94. The van der Waals surface area contributed by atoms with Crippen LogP contribution in [0.4, 0.5) is 11.4 Å². The van der Waals surface area contributed by atoms with Gasteiger partial charge in [-0.15, -0.1) is 11.3 Å². The summed E-state index contributed by atoms with van der Waals surface area (Å²) in [6.07, 6.45) is 15.2. The van der Waals surface area contributed by atoms with Crippen molar-refractivity contribution in [2.45, 2.75) is 53.4 Å². The highest BCUT2D eigenvalue weighted by molar-refractivity contribution is 7.10. The zero-order valence-electron chi connectivity index (χ0n) is 28.5. The summed E-state index contributed by atoms with van der Waals surface area (Å²) in [5, 5.41) is 13.0. The van der Waals surface area contributed by atoms with Crippen molar-refractivity contribution in [3.63, 3.8) is 0 Å². The number of aryl methyl sites for hydroxylation is 1. The molecule has 0 saturated heterocycles. The quantitative estimate of drug-likeness (QED) is 0.146. The van der Waals surface area contributed by atoms with E-state index in [4.69, 9.17) is 0 Å². The molecule has 5 aromatic carbocycles. The zero-order valence-corrected chi connectivity index (χ0v) is 29.3. The normalized spacial score (nSPS) is 16.0. The van der Waals surface area contributed by atoms with Gasteiger partial charge in [-0.1, -0.05) is 129 Å². The molecular weight excluding hydrogens is 599 g/mol. The molecule has 0 spiro atoms. The van der Waals surface area contributed by atoms with E-state index in [9.17, 15) is 0 Å². The molecule has 0 amide bonds. The van der Waals surface area contributed by atoms with Crippen molar-refractivity contribution < 1.29 is 0 Å². The molecule has 6 aromatic rings. The van der Waals surface area contributed by atoms with Crippen molar-refractivity contribution in [1.29, 1.82) is 0 Å². The Morgan fingerprint density at radius 1 is 0.792 bits per heavy atom. The van der Waals surface area contributed by atoms with Gasteiger partial charge in [0.25, 0.3) is 0 Å². The highest BCUT2D eigenvalue weighted by atomic mass is 32.1. The second-order valence-corrected chi connectivity index (χ2v) is 13.7. The number of benzene rings is 5. The van der Waals surface area contributed by atoms with Gasteiger partial charge in [-0.25, -0.2) is 0 Å². The molecule has 0 fully saturated rings. The molecule has 1 N–H and O–H groups in total. The molecule has 2 aliphatic rings. The number of anilines is 2. The summed E-state index contributed by atoms with van der Waals surface area (Å²) < 4.78 is 1.47. The minimum atomic E-state index is 1.01. The Morgan fingerprint density at radius 3 is 2.15 bits per heavy atom. The van der Waals surface area contributed by atoms with E-state index in [1.54, 1.807) is 5.57 Å². The predicted molar refractivity (Wildman–Crippen MR) is 214 cm³/mol. The SMILES string of the molecule is C=C/C=C\C1=C(C)C/C(=c2\sc3c(\c2=C(\C)c2ccccc2Nc2ccc4c5ccccc5c5ccccc5c4c2)C=CCC3)C1.CC. The van der Waals surface area contributed by atoms with Crippen molar-refractivity contribution in [3.05, 3.63) is 159 Å². The van der Waals surface area contributed by atoms with Crippen molar-refractivity contribution >= 4 is 72.3 Å². The van der Waals surface area contributed by atoms with E-state index in [0.29, 0.717) is 0 Å². The maximum absolute atomic E-state index is 3.89. The number of hydrogen-bond acceptors (Lipinski definition) is 2. The molecule has 1 nitrogen and oxygen atoms in total. The molecule has 8 rings (SSSR count). The van der Waals surface area contributed by atoms with Crippen molar-refractivity contribution in [2.24, 2.45) is 0 Å². The first-order valence-corrected chi connectivity index (χ1v) is 18.1. The molecule has 0 radical (unpaired) electrons. The van der Waals surface area contributed by atoms with Crippen LogP contribution in [0.5, 0.6) is 0 Å². The lowest BCUT2D eigenvalue weighted by Gasteiger charge is -2.15. The van der Waals surface area contributed by atoms with E-state index >= 15 is 0 Å². The Bertz CT molecular complexity index is 2390. The third-order valence-corrected chi connectivity index (χ3v) is 11.1. The van der Waals surface area contributed by atoms with Crippen molar-refractivity contribution in [1.82, 2.24) is 0 Å². The van der Waals surface area contributed by atoms with Gasteiger partial charge >= 0.3 is 0 Å². The van der Waals surface area contributed by atoms with E-state index in [-0.39, 0.29) is 0 Å². The molecule has 0 atom stereocenters. The molecule has 2 heteroatoms. The minimum Gasteiger partial charge on any atom is -0.355 e.